The predicted octanol–water partition coefficient (Wildman–Crippen LogP) is 3.33. The molecule has 5 nitrogen and oxygen atoms in total. The van der Waals surface area contributed by atoms with Gasteiger partial charge in [0.15, 0.2) is 6.20 Å². The van der Waals surface area contributed by atoms with Gasteiger partial charge in [0.05, 0.1) is 19.3 Å². The summed E-state index contributed by atoms with van der Waals surface area (Å²) in [5, 5.41) is 6.50. The van der Waals surface area contributed by atoms with Crippen molar-refractivity contribution in [2.45, 2.75) is 38.8 Å². The van der Waals surface area contributed by atoms with Crippen molar-refractivity contribution in [3.63, 3.8) is 0 Å². The summed E-state index contributed by atoms with van der Waals surface area (Å²) in [4.78, 5) is 0. The number of aryl methyl sites for hydroxylation is 3. The lowest BCUT2D eigenvalue weighted by atomic mass is 10.2. The van der Waals surface area contributed by atoms with Crippen molar-refractivity contribution in [3.05, 3.63) is 79.1 Å². The first-order chi connectivity index (χ1) is 13.7. The van der Waals surface area contributed by atoms with Gasteiger partial charge in [-0.25, -0.2) is 9.13 Å². The van der Waals surface area contributed by atoms with Crippen molar-refractivity contribution < 1.29 is 9.13 Å². The first-order valence-electron chi connectivity index (χ1n) is 10.0. The minimum atomic E-state index is 1.02. The number of aromatic nitrogens is 3. The summed E-state index contributed by atoms with van der Waals surface area (Å²) in [5.41, 5.74) is 2.21. The third-order valence-corrected chi connectivity index (χ3v) is 4.86. The quantitative estimate of drug-likeness (QED) is 0.231. The average molecular weight is 378 g/mol. The Morgan fingerprint density at radius 1 is 0.964 bits per heavy atom. The molecule has 5 heteroatoms. The van der Waals surface area contributed by atoms with Gasteiger partial charge in [0, 0.05) is 25.6 Å². The smallest absolute Gasteiger partial charge is 0.243 e. The van der Waals surface area contributed by atoms with Gasteiger partial charge >= 0.3 is 0 Å². The molecular weight excluding hydrogens is 346 g/mol. The molecule has 0 spiro atoms. The lowest BCUT2D eigenvalue weighted by molar-refractivity contribution is -0.698. The number of hydrogen-bond acceptors (Lipinski definition) is 2. The molecule has 3 aromatic rings. The Morgan fingerprint density at radius 2 is 1.75 bits per heavy atom. The van der Waals surface area contributed by atoms with E-state index in [0.717, 1.165) is 24.5 Å². The van der Waals surface area contributed by atoms with Crippen molar-refractivity contribution in [2.75, 3.05) is 12.1 Å². The third-order valence-electron chi connectivity index (χ3n) is 4.86. The fraction of sp³-hybridized carbons (Fsp3) is 0.348. The van der Waals surface area contributed by atoms with Crippen LogP contribution in [0, 0.1) is 0 Å². The van der Waals surface area contributed by atoms with E-state index in [9.17, 15) is 0 Å². The Balaban J connectivity index is 1.45. The van der Waals surface area contributed by atoms with Crippen LogP contribution in [0.15, 0.2) is 78.6 Å². The average Bonchev–Trinajstić information content (AvgIpc) is 3.15. The van der Waals surface area contributed by atoms with Gasteiger partial charge in [0.1, 0.15) is 25.2 Å². The molecule has 0 fully saturated rings. The van der Waals surface area contributed by atoms with E-state index in [-0.39, 0.29) is 0 Å². The zero-order chi connectivity index (χ0) is 19.6. The Hall–Kier alpha value is -2.95. The van der Waals surface area contributed by atoms with Crippen LogP contribution >= 0.6 is 0 Å². The Bertz CT molecular complexity index is 869. The van der Waals surface area contributed by atoms with Gasteiger partial charge in [-0.05, 0) is 37.5 Å². The summed E-state index contributed by atoms with van der Waals surface area (Å²) < 4.78 is 6.63. The monoisotopic (exact) mass is 377 g/mol. The van der Waals surface area contributed by atoms with E-state index >= 15 is 0 Å². The number of nitrogens with zero attached hydrogens (tertiary/aromatic N) is 5. The molecule has 3 rings (SSSR count). The molecule has 146 valence electrons. The highest BCUT2D eigenvalue weighted by Gasteiger charge is 2.08. The van der Waals surface area contributed by atoms with Crippen molar-refractivity contribution in [1.82, 2.24) is 4.57 Å². The van der Waals surface area contributed by atoms with Crippen LogP contribution in [0.5, 0.6) is 0 Å². The van der Waals surface area contributed by atoms with Crippen molar-refractivity contribution in [2.24, 2.45) is 12.1 Å². The Kier molecular flexibility index (Phi) is 7.36. The van der Waals surface area contributed by atoms with Crippen LogP contribution in [-0.4, -0.2) is 17.8 Å². The Morgan fingerprint density at radius 3 is 2.54 bits per heavy atom. The van der Waals surface area contributed by atoms with E-state index in [0.29, 0.717) is 0 Å². The SMILES string of the molecule is CN(/N=C/c1cccc[n+]1CCCCCCn1cc[n+](C)c1)c1ccccc1. The number of imidazole rings is 1. The number of unbranched alkanes of at least 4 members (excludes halogenated alkanes) is 3. The molecule has 2 heterocycles. The van der Waals surface area contributed by atoms with E-state index in [2.05, 4.69) is 81.1 Å². The topological polar surface area (TPSA) is 28.3 Å². The number of hydrazone groups is 1. The number of pyridine rings is 1. The first-order valence-corrected chi connectivity index (χ1v) is 10.0. The molecule has 0 aliphatic rings. The molecule has 2 aromatic heterocycles. The van der Waals surface area contributed by atoms with Crippen LogP contribution in [0.2, 0.25) is 0 Å². The molecule has 0 radical (unpaired) electrons. The zero-order valence-corrected chi connectivity index (χ0v) is 17.0. The minimum Gasteiger partial charge on any atom is -0.268 e. The van der Waals surface area contributed by atoms with Crippen molar-refractivity contribution in [1.29, 1.82) is 0 Å². The van der Waals surface area contributed by atoms with Crippen LogP contribution in [0.1, 0.15) is 31.4 Å². The van der Waals surface area contributed by atoms with Gasteiger partial charge in [-0.15, -0.1) is 0 Å². The second kappa shape index (κ2) is 10.4. The van der Waals surface area contributed by atoms with Gasteiger partial charge in [-0.2, -0.15) is 9.67 Å². The highest BCUT2D eigenvalue weighted by atomic mass is 15.4. The van der Waals surface area contributed by atoms with Gasteiger partial charge in [0.2, 0.25) is 12.0 Å². The predicted molar refractivity (Wildman–Crippen MR) is 113 cm³/mol. The maximum absolute atomic E-state index is 4.60. The van der Waals surface area contributed by atoms with E-state index in [1.165, 1.54) is 25.7 Å². The van der Waals surface area contributed by atoms with Gasteiger partial charge in [0.25, 0.3) is 0 Å². The fourth-order valence-corrected chi connectivity index (χ4v) is 3.23. The van der Waals surface area contributed by atoms with E-state index in [1.807, 2.05) is 36.5 Å². The summed E-state index contributed by atoms with van der Waals surface area (Å²) in [6, 6.07) is 16.5. The molecular formula is C23H31N5+2. The molecule has 0 amide bonds. The second-order valence-electron chi connectivity index (χ2n) is 7.15. The van der Waals surface area contributed by atoms with Gasteiger partial charge in [-0.3, -0.25) is 5.01 Å². The maximum Gasteiger partial charge on any atom is 0.243 e. The largest absolute Gasteiger partial charge is 0.268 e. The lowest BCUT2D eigenvalue weighted by Crippen LogP contribution is -2.38. The molecule has 0 saturated carbocycles. The summed E-state index contributed by atoms with van der Waals surface area (Å²) in [6.07, 6.45) is 15.4. The summed E-state index contributed by atoms with van der Waals surface area (Å²) in [6.45, 7) is 2.12. The van der Waals surface area contributed by atoms with E-state index < -0.39 is 0 Å². The zero-order valence-electron chi connectivity index (χ0n) is 17.0. The standard InChI is InChI=1S/C23H31N5/c1-25-18-19-27(21-25)15-9-3-4-10-16-28-17-11-8-14-23(28)20-24-26(2)22-12-6-5-7-13-22/h5-8,11-14,17-21H,3-4,9-10,15-16H2,1-2H3/q+2. The van der Waals surface area contributed by atoms with Crippen LogP contribution < -0.4 is 14.1 Å². The molecule has 0 bridgehead atoms. The molecule has 0 N–H and O–H groups in total. The van der Waals surface area contributed by atoms with E-state index in [1.54, 1.807) is 0 Å². The van der Waals surface area contributed by atoms with Gasteiger partial charge < -0.3 is 0 Å². The lowest BCUT2D eigenvalue weighted by Gasteiger charge is -2.11. The summed E-state index contributed by atoms with van der Waals surface area (Å²) >= 11 is 0. The number of anilines is 1. The molecule has 1 aromatic carbocycles. The minimum absolute atomic E-state index is 1.02. The normalized spacial score (nSPS) is 11.2. The number of rotatable bonds is 10. The molecule has 0 unspecified atom stereocenters. The molecule has 28 heavy (non-hydrogen) atoms. The number of benzene rings is 1. The van der Waals surface area contributed by atoms with Crippen molar-refractivity contribution >= 4 is 11.9 Å². The summed E-state index contributed by atoms with van der Waals surface area (Å²) in [5.74, 6) is 0. The fourth-order valence-electron chi connectivity index (χ4n) is 3.23. The van der Waals surface area contributed by atoms with Crippen LogP contribution in [0.3, 0.4) is 0 Å². The summed E-state index contributed by atoms with van der Waals surface area (Å²) in [7, 11) is 4.04. The molecule has 0 saturated heterocycles. The molecule has 0 aliphatic heterocycles. The third kappa shape index (κ3) is 6.05. The second-order valence-corrected chi connectivity index (χ2v) is 7.15. The van der Waals surface area contributed by atoms with Crippen LogP contribution in [0.25, 0.3) is 0 Å². The highest BCUT2D eigenvalue weighted by molar-refractivity contribution is 5.75. The van der Waals surface area contributed by atoms with Gasteiger partial charge in [-0.1, -0.05) is 18.2 Å². The maximum atomic E-state index is 4.60. The molecule has 0 atom stereocenters. The van der Waals surface area contributed by atoms with Crippen molar-refractivity contribution in [3.8, 4) is 0 Å². The number of hydrogen-bond donors (Lipinski definition) is 0. The first kappa shape index (κ1) is 19.8. The molecule has 0 aliphatic carbocycles. The highest BCUT2D eigenvalue weighted by Crippen LogP contribution is 2.10. The van der Waals surface area contributed by atoms with Crippen LogP contribution in [0.4, 0.5) is 5.69 Å². The van der Waals surface area contributed by atoms with E-state index in [4.69, 9.17) is 0 Å². The number of para-hydroxylation sites is 1. The van der Waals surface area contributed by atoms with Crippen LogP contribution in [-0.2, 0) is 20.1 Å². The Labute approximate surface area is 168 Å².